The van der Waals surface area contributed by atoms with Crippen molar-refractivity contribution in [3.05, 3.63) is 18.2 Å². The van der Waals surface area contributed by atoms with E-state index in [0.717, 1.165) is 6.54 Å². The molecule has 1 aromatic rings. The fourth-order valence-electron chi connectivity index (χ4n) is 2.69. The molecule has 5 nitrogen and oxygen atoms in total. The molecule has 2 rings (SSSR count). The SMILES string of the molecule is CNS(=O)(=O)c1ccc(N)c(NCC2(C)CCCC2)c1. The Morgan fingerprint density at radius 1 is 1.30 bits per heavy atom. The first kappa shape index (κ1) is 15.1. The Hall–Kier alpha value is -1.27. The zero-order valence-corrected chi connectivity index (χ0v) is 12.9. The normalized spacial score (nSPS) is 18.1. The van der Waals surface area contributed by atoms with Gasteiger partial charge in [0.15, 0.2) is 0 Å². The standard InChI is InChI=1S/C14H23N3O2S/c1-14(7-3-4-8-14)10-17-13-9-11(5-6-12(13)15)20(18,19)16-2/h5-6,9,16-17H,3-4,7-8,10,15H2,1-2H3. The molecule has 0 saturated heterocycles. The molecule has 1 fully saturated rings. The van der Waals surface area contributed by atoms with Crippen LogP contribution in [0.2, 0.25) is 0 Å². The number of nitrogen functional groups attached to an aromatic ring is 1. The number of sulfonamides is 1. The number of nitrogens with one attached hydrogen (secondary N) is 2. The molecular weight excluding hydrogens is 274 g/mol. The van der Waals surface area contributed by atoms with E-state index in [1.54, 1.807) is 12.1 Å². The van der Waals surface area contributed by atoms with Gasteiger partial charge in [-0.15, -0.1) is 0 Å². The van der Waals surface area contributed by atoms with Gasteiger partial charge in [-0.2, -0.15) is 0 Å². The third-order valence-electron chi connectivity index (χ3n) is 4.12. The molecule has 0 aliphatic heterocycles. The summed E-state index contributed by atoms with van der Waals surface area (Å²) in [6, 6.07) is 4.74. The summed E-state index contributed by atoms with van der Waals surface area (Å²) in [6.07, 6.45) is 4.94. The van der Waals surface area contributed by atoms with Crippen LogP contribution in [0.4, 0.5) is 11.4 Å². The Labute approximate surface area is 121 Å². The molecule has 1 aromatic carbocycles. The summed E-state index contributed by atoms with van der Waals surface area (Å²) >= 11 is 0. The van der Waals surface area contributed by atoms with Crippen LogP contribution < -0.4 is 15.8 Å². The molecule has 112 valence electrons. The molecule has 0 radical (unpaired) electrons. The average molecular weight is 297 g/mol. The quantitative estimate of drug-likeness (QED) is 0.727. The summed E-state index contributed by atoms with van der Waals surface area (Å²) in [5.41, 5.74) is 7.47. The van der Waals surface area contributed by atoms with Gasteiger partial charge in [0.05, 0.1) is 16.3 Å². The lowest BCUT2D eigenvalue weighted by atomic mass is 9.89. The first-order valence-corrected chi connectivity index (χ1v) is 8.42. The number of anilines is 2. The molecule has 0 bridgehead atoms. The van der Waals surface area contributed by atoms with E-state index in [0.29, 0.717) is 11.4 Å². The minimum Gasteiger partial charge on any atom is -0.397 e. The molecule has 0 spiro atoms. The van der Waals surface area contributed by atoms with Gasteiger partial charge in [-0.25, -0.2) is 13.1 Å². The lowest BCUT2D eigenvalue weighted by Gasteiger charge is -2.25. The van der Waals surface area contributed by atoms with Crippen LogP contribution in [0, 0.1) is 5.41 Å². The third-order valence-corrected chi connectivity index (χ3v) is 5.53. The molecule has 0 atom stereocenters. The van der Waals surface area contributed by atoms with E-state index < -0.39 is 10.0 Å². The predicted octanol–water partition coefficient (Wildman–Crippen LogP) is 2.17. The first-order chi connectivity index (χ1) is 9.36. The summed E-state index contributed by atoms with van der Waals surface area (Å²) in [4.78, 5) is 0.230. The van der Waals surface area contributed by atoms with Crippen molar-refractivity contribution in [2.24, 2.45) is 5.41 Å². The van der Waals surface area contributed by atoms with Gasteiger partial charge in [0.25, 0.3) is 0 Å². The van der Waals surface area contributed by atoms with Crippen molar-refractivity contribution in [1.82, 2.24) is 4.72 Å². The Morgan fingerprint density at radius 3 is 2.55 bits per heavy atom. The van der Waals surface area contributed by atoms with Crippen molar-refractivity contribution in [2.45, 2.75) is 37.5 Å². The molecular formula is C14H23N3O2S. The molecule has 0 heterocycles. The second-order valence-electron chi connectivity index (χ2n) is 5.83. The first-order valence-electron chi connectivity index (χ1n) is 6.93. The zero-order valence-electron chi connectivity index (χ0n) is 12.1. The van der Waals surface area contributed by atoms with Crippen molar-refractivity contribution in [3.8, 4) is 0 Å². The Morgan fingerprint density at radius 2 is 1.95 bits per heavy atom. The van der Waals surface area contributed by atoms with Crippen LogP contribution in [-0.2, 0) is 10.0 Å². The summed E-state index contributed by atoms with van der Waals surface area (Å²) in [6.45, 7) is 3.08. The number of rotatable bonds is 5. The van der Waals surface area contributed by atoms with Crippen molar-refractivity contribution in [1.29, 1.82) is 0 Å². The average Bonchev–Trinajstić information content (AvgIpc) is 2.85. The molecule has 0 aromatic heterocycles. The summed E-state index contributed by atoms with van der Waals surface area (Å²) in [7, 11) is -2.03. The van der Waals surface area contributed by atoms with Crippen LogP contribution in [0.25, 0.3) is 0 Å². The molecule has 4 N–H and O–H groups in total. The van der Waals surface area contributed by atoms with Crippen LogP contribution in [0.5, 0.6) is 0 Å². The third kappa shape index (κ3) is 3.24. The van der Waals surface area contributed by atoms with E-state index >= 15 is 0 Å². The predicted molar refractivity (Wildman–Crippen MR) is 82.2 cm³/mol. The highest BCUT2D eigenvalue weighted by molar-refractivity contribution is 7.89. The van der Waals surface area contributed by atoms with Gasteiger partial charge >= 0.3 is 0 Å². The fraction of sp³-hybridized carbons (Fsp3) is 0.571. The molecule has 0 amide bonds. The van der Waals surface area contributed by atoms with E-state index in [1.807, 2.05) is 0 Å². The number of nitrogens with two attached hydrogens (primary N) is 1. The monoisotopic (exact) mass is 297 g/mol. The number of benzene rings is 1. The highest BCUT2D eigenvalue weighted by Gasteiger charge is 2.28. The van der Waals surface area contributed by atoms with E-state index in [2.05, 4.69) is 17.0 Å². The summed E-state index contributed by atoms with van der Waals surface area (Å²) in [5.74, 6) is 0. The highest BCUT2D eigenvalue weighted by atomic mass is 32.2. The van der Waals surface area contributed by atoms with Crippen molar-refractivity contribution < 1.29 is 8.42 Å². The van der Waals surface area contributed by atoms with Crippen molar-refractivity contribution in [2.75, 3.05) is 24.6 Å². The second-order valence-corrected chi connectivity index (χ2v) is 7.71. The van der Waals surface area contributed by atoms with Crippen LogP contribution in [0.3, 0.4) is 0 Å². The molecule has 1 aliphatic rings. The van der Waals surface area contributed by atoms with E-state index in [4.69, 9.17) is 5.73 Å². The Balaban J connectivity index is 2.17. The lowest BCUT2D eigenvalue weighted by Crippen LogP contribution is -2.24. The number of hydrogen-bond acceptors (Lipinski definition) is 4. The summed E-state index contributed by atoms with van der Waals surface area (Å²) < 4.78 is 25.9. The molecule has 1 aliphatic carbocycles. The Kier molecular flexibility index (Phi) is 4.25. The smallest absolute Gasteiger partial charge is 0.240 e. The van der Waals surface area contributed by atoms with Crippen molar-refractivity contribution >= 4 is 21.4 Å². The maximum atomic E-state index is 11.8. The zero-order chi connectivity index (χ0) is 14.8. The maximum absolute atomic E-state index is 11.8. The molecule has 20 heavy (non-hydrogen) atoms. The fourth-order valence-corrected chi connectivity index (χ4v) is 3.44. The van der Waals surface area contributed by atoms with E-state index in [-0.39, 0.29) is 10.3 Å². The van der Waals surface area contributed by atoms with Gasteiger partial charge in [-0.05, 0) is 43.5 Å². The molecule has 1 saturated carbocycles. The largest absolute Gasteiger partial charge is 0.397 e. The maximum Gasteiger partial charge on any atom is 0.240 e. The molecule has 0 unspecified atom stereocenters. The second kappa shape index (κ2) is 5.61. The van der Waals surface area contributed by atoms with Gasteiger partial charge in [0, 0.05) is 6.54 Å². The van der Waals surface area contributed by atoms with Gasteiger partial charge in [-0.1, -0.05) is 19.8 Å². The van der Waals surface area contributed by atoms with Crippen LogP contribution >= 0.6 is 0 Å². The lowest BCUT2D eigenvalue weighted by molar-refractivity contribution is 0.362. The van der Waals surface area contributed by atoms with Crippen LogP contribution in [0.15, 0.2) is 23.1 Å². The van der Waals surface area contributed by atoms with Crippen molar-refractivity contribution in [3.63, 3.8) is 0 Å². The minimum atomic E-state index is -3.44. The van der Waals surface area contributed by atoms with Gasteiger partial charge < -0.3 is 11.1 Å². The number of hydrogen-bond donors (Lipinski definition) is 3. The van der Waals surface area contributed by atoms with E-state index in [1.165, 1.54) is 38.8 Å². The highest BCUT2D eigenvalue weighted by Crippen LogP contribution is 2.38. The van der Waals surface area contributed by atoms with Gasteiger partial charge in [-0.3, -0.25) is 0 Å². The van der Waals surface area contributed by atoms with Gasteiger partial charge in [0.1, 0.15) is 0 Å². The minimum absolute atomic E-state index is 0.230. The van der Waals surface area contributed by atoms with Gasteiger partial charge in [0.2, 0.25) is 10.0 Å². The summed E-state index contributed by atoms with van der Waals surface area (Å²) in [5, 5.41) is 3.31. The van der Waals surface area contributed by atoms with Crippen LogP contribution in [-0.4, -0.2) is 22.0 Å². The molecule has 6 heteroatoms. The van der Waals surface area contributed by atoms with E-state index in [9.17, 15) is 8.42 Å². The Bertz CT molecular complexity index is 578. The topological polar surface area (TPSA) is 84.2 Å². The van der Waals surface area contributed by atoms with Crippen LogP contribution in [0.1, 0.15) is 32.6 Å².